The molecule has 0 aromatic heterocycles. The maximum absolute atomic E-state index is 11.0. The highest BCUT2D eigenvalue weighted by atomic mass is 16.5. The molecule has 0 aliphatic carbocycles. The number of amides is 2. The van der Waals surface area contributed by atoms with Crippen LogP contribution >= 0.6 is 0 Å². The van der Waals surface area contributed by atoms with E-state index in [1.54, 1.807) is 0 Å². The van der Waals surface area contributed by atoms with Gasteiger partial charge in [-0.15, -0.1) is 0 Å². The molecule has 1 aliphatic heterocycles. The number of rotatable bonds is 5. The van der Waals surface area contributed by atoms with Crippen LogP contribution in [0.25, 0.3) is 0 Å². The van der Waals surface area contributed by atoms with Gasteiger partial charge in [0.15, 0.2) is 0 Å². The van der Waals surface area contributed by atoms with E-state index in [4.69, 9.17) is 15.6 Å². The highest BCUT2D eigenvalue weighted by Crippen LogP contribution is 2.13. The zero-order chi connectivity index (χ0) is 11.3. The quantitative estimate of drug-likeness (QED) is 0.677. The molecule has 6 heteroatoms. The summed E-state index contributed by atoms with van der Waals surface area (Å²) in [7, 11) is 0. The third-order valence-corrected chi connectivity index (χ3v) is 2.36. The highest BCUT2D eigenvalue weighted by molar-refractivity contribution is 5.73. The predicted molar refractivity (Wildman–Crippen MR) is 52.4 cm³/mol. The van der Waals surface area contributed by atoms with Crippen LogP contribution in [0.5, 0.6) is 0 Å². The van der Waals surface area contributed by atoms with E-state index >= 15 is 0 Å². The van der Waals surface area contributed by atoms with E-state index < -0.39 is 12.0 Å². The molecule has 0 spiro atoms. The number of nitrogens with two attached hydrogens (primary N) is 1. The standard InChI is InChI=1S/C9H16N2O4/c10-9(14)11(4-3-8(12)13)6-7-2-1-5-15-7/h7H,1-6H2,(H2,10,14)(H,12,13). The van der Waals surface area contributed by atoms with Gasteiger partial charge in [0.1, 0.15) is 0 Å². The highest BCUT2D eigenvalue weighted by Gasteiger charge is 2.21. The van der Waals surface area contributed by atoms with Crippen molar-refractivity contribution in [1.82, 2.24) is 4.90 Å². The Labute approximate surface area is 88.0 Å². The molecule has 1 heterocycles. The van der Waals surface area contributed by atoms with E-state index in [2.05, 4.69) is 0 Å². The summed E-state index contributed by atoms with van der Waals surface area (Å²) >= 11 is 0. The Morgan fingerprint density at radius 3 is 2.73 bits per heavy atom. The van der Waals surface area contributed by atoms with Gasteiger partial charge in [-0.2, -0.15) is 0 Å². The zero-order valence-electron chi connectivity index (χ0n) is 8.52. The normalized spacial score (nSPS) is 20.1. The van der Waals surface area contributed by atoms with E-state index in [0.29, 0.717) is 13.2 Å². The fraction of sp³-hybridized carbons (Fsp3) is 0.778. The van der Waals surface area contributed by atoms with Gasteiger partial charge in [-0.05, 0) is 12.8 Å². The van der Waals surface area contributed by atoms with Crippen molar-refractivity contribution >= 4 is 12.0 Å². The van der Waals surface area contributed by atoms with E-state index in [1.165, 1.54) is 4.90 Å². The lowest BCUT2D eigenvalue weighted by Gasteiger charge is -2.22. The lowest BCUT2D eigenvalue weighted by Crippen LogP contribution is -2.41. The van der Waals surface area contributed by atoms with Gasteiger partial charge in [0.05, 0.1) is 12.5 Å². The van der Waals surface area contributed by atoms with Crippen molar-refractivity contribution in [1.29, 1.82) is 0 Å². The fourth-order valence-corrected chi connectivity index (χ4v) is 1.56. The van der Waals surface area contributed by atoms with Gasteiger partial charge in [0.2, 0.25) is 0 Å². The van der Waals surface area contributed by atoms with Crippen molar-refractivity contribution in [3.63, 3.8) is 0 Å². The molecule has 1 aliphatic rings. The average Bonchev–Trinajstić information content (AvgIpc) is 2.63. The number of carbonyl (C=O) groups excluding carboxylic acids is 1. The van der Waals surface area contributed by atoms with Gasteiger partial charge < -0.3 is 20.5 Å². The molecule has 0 aromatic rings. The Bertz CT molecular complexity index is 238. The summed E-state index contributed by atoms with van der Waals surface area (Å²) < 4.78 is 5.34. The van der Waals surface area contributed by atoms with Crippen molar-refractivity contribution in [2.75, 3.05) is 19.7 Å². The van der Waals surface area contributed by atoms with Crippen LogP contribution in [0.1, 0.15) is 19.3 Å². The molecule has 0 bridgehead atoms. The number of carbonyl (C=O) groups is 2. The number of ether oxygens (including phenoxy) is 1. The number of hydrogen-bond donors (Lipinski definition) is 2. The van der Waals surface area contributed by atoms with Gasteiger partial charge in [-0.1, -0.05) is 0 Å². The van der Waals surface area contributed by atoms with E-state index in [-0.39, 0.29) is 19.1 Å². The minimum atomic E-state index is -0.936. The summed E-state index contributed by atoms with van der Waals surface area (Å²) in [6, 6.07) is -0.591. The van der Waals surface area contributed by atoms with Crippen LogP contribution in [0.15, 0.2) is 0 Å². The summed E-state index contributed by atoms with van der Waals surface area (Å²) in [4.78, 5) is 22.7. The second kappa shape index (κ2) is 5.55. The lowest BCUT2D eigenvalue weighted by atomic mass is 10.2. The van der Waals surface area contributed by atoms with Crippen LogP contribution in [0.4, 0.5) is 4.79 Å². The van der Waals surface area contributed by atoms with Crippen LogP contribution in [0, 0.1) is 0 Å². The molecule has 2 amide bonds. The Morgan fingerprint density at radius 1 is 1.53 bits per heavy atom. The van der Waals surface area contributed by atoms with Crippen molar-refractivity contribution in [2.24, 2.45) is 5.73 Å². The average molecular weight is 216 g/mol. The topological polar surface area (TPSA) is 92.9 Å². The first kappa shape index (κ1) is 11.8. The number of urea groups is 1. The van der Waals surface area contributed by atoms with Crippen molar-refractivity contribution in [3.05, 3.63) is 0 Å². The number of primary amides is 1. The van der Waals surface area contributed by atoms with Crippen LogP contribution < -0.4 is 5.73 Å². The number of carboxylic acids is 1. The van der Waals surface area contributed by atoms with Gasteiger partial charge >= 0.3 is 12.0 Å². The molecule has 15 heavy (non-hydrogen) atoms. The maximum Gasteiger partial charge on any atom is 0.314 e. The monoisotopic (exact) mass is 216 g/mol. The molecule has 0 saturated carbocycles. The number of nitrogens with zero attached hydrogens (tertiary/aromatic N) is 1. The predicted octanol–water partition coefficient (Wildman–Crippen LogP) is 0.0208. The number of aliphatic carboxylic acids is 1. The summed E-state index contributed by atoms with van der Waals surface area (Å²) in [5.74, 6) is -0.936. The zero-order valence-corrected chi connectivity index (χ0v) is 8.52. The summed E-state index contributed by atoms with van der Waals surface area (Å²) in [6.07, 6.45) is 1.80. The van der Waals surface area contributed by atoms with Crippen molar-refractivity contribution < 1.29 is 19.4 Å². The second-order valence-electron chi connectivity index (χ2n) is 3.56. The molecule has 1 rings (SSSR count). The molecule has 6 nitrogen and oxygen atoms in total. The van der Waals surface area contributed by atoms with Crippen molar-refractivity contribution in [2.45, 2.75) is 25.4 Å². The first-order chi connectivity index (χ1) is 7.09. The Morgan fingerprint density at radius 2 is 2.27 bits per heavy atom. The molecule has 1 unspecified atom stereocenters. The number of carboxylic acid groups (broad SMARTS) is 1. The Kier molecular flexibility index (Phi) is 4.36. The molecule has 0 radical (unpaired) electrons. The summed E-state index contributed by atoms with van der Waals surface area (Å²) in [6.45, 7) is 1.24. The van der Waals surface area contributed by atoms with Crippen LogP contribution in [-0.4, -0.2) is 47.8 Å². The summed E-state index contributed by atoms with van der Waals surface area (Å²) in [5, 5.41) is 8.49. The summed E-state index contributed by atoms with van der Waals surface area (Å²) in [5.41, 5.74) is 5.14. The fourth-order valence-electron chi connectivity index (χ4n) is 1.56. The van der Waals surface area contributed by atoms with Crippen molar-refractivity contribution in [3.8, 4) is 0 Å². The van der Waals surface area contributed by atoms with Gasteiger partial charge in [0, 0.05) is 19.7 Å². The first-order valence-corrected chi connectivity index (χ1v) is 4.97. The minimum absolute atomic E-state index is 0.00583. The minimum Gasteiger partial charge on any atom is -0.481 e. The smallest absolute Gasteiger partial charge is 0.314 e. The Balaban J connectivity index is 2.35. The molecule has 1 saturated heterocycles. The van der Waals surface area contributed by atoms with E-state index in [0.717, 1.165) is 12.8 Å². The first-order valence-electron chi connectivity index (χ1n) is 4.97. The molecule has 1 atom stereocenters. The van der Waals surface area contributed by atoms with Gasteiger partial charge in [-0.3, -0.25) is 4.79 Å². The molecular weight excluding hydrogens is 200 g/mol. The number of hydrogen-bond acceptors (Lipinski definition) is 3. The Hall–Kier alpha value is -1.30. The molecule has 86 valence electrons. The van der Waals surface area contributed by atoms with Crippen LogP contribution in [0.2, 0.25) is 0 Å². The lowest BCUT2D eigenvalue weighted by molar-refractivity contribution is -0.137. The van der Waals surface area contributed by atoms with E-state index in [1.807, 2.05) is 0 Å². The van der Waals surface area contributed by atoms with Gasteiger partial charge in [-0.25, -0.2) is 4.79 Å². The largest absolute Gasteiger partial charge is 0.481 e. The third-order valence-electron chi connectivity index (χ3n) is 2.36. The third kappa shape index (κ3) is 4.16. The molecule has 1 fully saturated rings. The SMILES string of the molecule is NC(=O)N(CCC(=O)O)CC1CCCO1. The maximum atomic E-state index is 11.0. The van der Waals surface area contributed by atoms with Gasteiger partial charge in [0.25, 0.3) is 0 Å². The van der Waals surface area contributed by atoms with Crippen LogP contribution in [-0.2, 0) is 9.53 Å². The molecular formula is C9H16N2O4. The second-order valence-corrected chi connectivity index (χ2v) is 3.56. The van der Waals surface area contributed by atoms with E-state index in [9.17, 15) is 9.59 Å². The molecule has 3 N–H and O–H groups in total. The molecule has 0 aromatic carbocycles. The van der Waals surface area contributed by atoms with Crippen LogP contribution in [0.3, 0.4) is 0 Å².